The fourth-order valence-corrected chi connectivity index (χ4v) is 4.61. The molecule has 1 aliphatic rings. The summed E-state index contributed by atoms with van der Waals surface area (Å²) in [4.78, 5) is 23.9. The van der Waals surface area contributed by atoms with E-state index in [1.165, 1.54) is 32.4 Å². The van der Waals surface area contributed by atoms with E-state index in [1.807, 2.05) is 0 Å². The van der Waals surface area contributed by atoms with Crippen LogP contribution in [0.4, 0.5) is 30.4 Å². The molecule has 0 radical (unpaired) electrons. The van der Waals surface area contributed by atoms with Crippen molar-refractivity contribution in [2.45, 2.75) is 24.7 Å². The maximum Gasteiger partial charge on any atom is 0.410 e. The number of hydrogen-bond donors (Lipinski definition) is 2. The molecule has 218 valence electrons. The molecule has 42 heavy (non-hydrogen) atoms. The van der Waals surface area contributed by atoms with Gasteiger partial charge in [0.1, 0.15) is 17.3 Å². The zero-order valence-electron chi connectivity index (χ0n) is 22.2. The van der Waals surface area contributed by atoms with Crippen LogP contribution in [0.15, 0.2) is 72.8 Å². The zero-order valence-corrected chi connectivity index (χ0v) is 22.2. The van der Waals surface area contributed by atoms with Gasteiger partial charge in [-0.05, 0) is 29.8 Å². The first-order chi connectivity index (χ1) is 20.0. The maximum atomic E-state index is 14.2. The number of anilines is 2. The van der Waals surface area contributed by atoms with Crippen molar-refractivity contribution in [3.63, 3.8) is 0 Å². The van der Waals surface area contributed by atoms with Gasteiger partial charge in [-0.3, -0.25) is 14.9 Å². The van der Waals surface area contributed by atoms with E-state index in [0.29, 0.717) is 22.8 Å². The Balaban J connectivity index is 1.43. The average molecular weight is 584 g/mol. The van der Waals surface area contributed by atoms with E-state index < -0.39 is 35.5 Å². The molecule has 2 heterocycles. The number of carbonyl (C=O) groups excluding carboxylic acids is 1. The fraction of sp³-hybridized carbons (Fsp3) is 0.214. The smallest absolute Gasteiger partial charge is 0.410 e. The number of hydrogen-bond acceptors (Lipinski definition) is 8. The Morgan fingerprint density at radius 3 is 2.43 bits per heavy atom. The first-order valence-electron chi connectivity index (χ1n) is 12.5. The molecule has 3 aromatic carbocycles. The van der Waals surface area contributed by atoms with E-state index >= 15 is 0 Å². The number of alkyl halides is 3. The SMILES string of the molecule is COc1ccc([C@H]2C[C@@H](C(F)(F)F)n3nc(C(=O)Nc4cc(Oc5ccccc5)cc([N+](=O)[O-])c4)cc3N2)cc1OC. The largest absolute Gasteiger partial charge is 0.493 e. The van der Waals surface area contributed by atoms with Crippen molar-refractivity contribution in [1.82, 2.24) is 9.78 Å². The highest BCUT2D eigenvalue weighted by Gasteiger charge is 2.47. The molecule has 0 spiro atoms. The predicted molar refractivity (Wildman–Crippen MR) is 145 cm³/mol. The van der Waals surface area contributed by atoms with Gasteiger partial charge in [0, 0.05) is 24.6 Å². The van der Waals surface area contributed by atoms with Crippen LogP contribution in [-0.2, 0) is 0 Å². The lowest BCUT2D eigenvalue weighted by atomic mass is 9.96. The van der Waals surface area contributed by atoms with Gasteiger partial charge in [-0.2, -0.15) is 18.3 Å². The van der Waals surface area contributed by atoms with E-state index in [0.717, 1.165) is 10.7 Å². The molecule has 0 aliphatic carbocycles. The summed E-state index contributed by atoms with van der Waals surface area (Å²) in [5, 5.41) is 20.9. The van der Waals surface area contributed by atoms with Crippen LogP contribution in [0.3, 0.4) is 0 Å². The number of para-hydroxylation sites is 1. The molecule has 1 amide bonds. The molecule has 0 bridgehead atoms. The number of benzene rings is 3. The number of amides is 1. The van der Waals surface area contributed by atoms with Crippen LogP contribution >= 0.6 is 0 Å². The summed E-state index contributed by atoms with van der Waals surface area (Å²) in [7, 11) is 2.87. The number of halogens is 3. The molecule has 5 rings (SSSR count). The van der Waals surface area contributed by atoms with Gasteiger partial charge in [0.25, 0.3) is 11.6 Å². The Hall–Kier alpha value is -5.27. The lowest BCUT2D eigenvalue weighted by molar-refractivity contribution is -0.384. The third-order valence-electron chi connectivity index (χ3n) is 6.57. The molecule has 0 saturated carbocycles. The first-order valence-corrected chi connectivity index (χ1v) is 12.5. The van der Waals surface area contributed by atoms with E-state index in [1.54, 1.807) is 48.5 Å². The summed E-state index contributed by atoms with van der Waals surface area (Å²) in [6.07, 6.45) is -5.07. The van der Waals surface area contributed by atoms with Gasteiger partial charge in [-0.25, -0.2) is 4.68 Å². The number of nitrogens with zero attached hydrogens (tertiary/aromatic N) is 3. The van der Waals surface area contributed by atoms with Crippen molar-refractivity contribution in [3.8, 4) is 23.0 Å². The second kappa shape index (κ2) is 11.3. The highest BCUT2D eigenvalue weighted by atomic mass is 19.4. The summed E-state index contributed by atoms with van der Waals surface area (Å²) in [6.45, 7) is 0. The molecule has 2 N–H and O–H groups in total. The van der Waals surface area contributed by atoms with Crippen LogP contribution in [0, 0.1) is 10.1 Å². The number of non-ortho nitro benzene ring substituents is 1. The van der Waals surface area contributed by atoms with Crippen LogP contribution < -0.4 is 24.8 Å². The lowest BCUT2D eigenvalue weighted by Gasteiger charge is -2.33. The zero-order chi connectivity index (χ0) is 30.0. The van der Waals surface area contributed by atoms with Crippen molar-refractivity contribution >= 4 is 23.1 Å². The summed E-state index contributed by atoms with van der Waals surface area (Å²) in [5.41, 5.74) is -0.172. The Kier molecular flexibility index (Phi) is 7.61. The Morgan fingerprint density at radius 2 is 1.76 bits per heavy atom. The van der Waals surface area contributed by atoms with E-state index in [2.05, 4.69) is 15.7 Å². The molecule has 4 aromatic rings. The van der Waals surface area contributed by atoms with Crippen molar-refractivity contribution < 1.29 is 37.1 Å². The number of fused-ring (bicyclic) bond motifs is 1. The molecule has 2 atom stereocenters. The van der Waals surface area contributed by atoms with Crippen molar-refractivity contribution in [3.05, 3.63) is 94.2 Å². The van der Waals surface area contributed by atoms with Gasteiger partial charge in [-0.1, -0.05) is 24.3 Å². The minimum Gasteiger partial charge on any atom is -0.493 e. The van der Waals surface area contributed by atoms with Crippen LogP contribution in [0.2, 0.25) is 0 Å². The van der Waals surface area contributed by atoms with Crippen molar-refractivity contribution in [2.75, 3.05) is 24.9 Å². The number of nitrogens with one attached hydrogen (secondary N) is 2. The van der Waals surface area contributed by atoms with Crippen LogP contribution in [0.25, 0.3) is 0 Å². The topological polar surface area (TPSA) is 130 Å². The number of ether oxygens (including phenoxy) is 3. The lowest BCUT2D eigenvalue weighted by Crippen LogP contribution is -2.35. The van der Waals surface area contributed by atoms with E-state index in [4.69, 9.17) is 14.2 Å². The Labute approximate surface area is 237 Å². The molecule has 0 unspecified atom stereocenters. The predicted octanol–water partition coefficient (Wildman–Crippen LogP) is 6.51. The number of rotatable bonds is 8. The standard InChI is InChI=1S/C28H24F3N5O6/c1-40-23-9-8-16(10-24(23)41-2)21-14-25(28(29,30)31)35-26(33-21)15-22(34-35)27(37)32-17-11-18(36(38)39)13-20(12-17)42-19-6-4-3-5-7-19/h3-13,15,21,25,33H,14H2,1-2H3,(H,32,37)/t21-,25+/m1/s1. The van der Waals surface area contributed by atoms with Gasteiger partial charge < -0.3 is 24.8 Å². The van der Waals surface area contributed by atoms with E-state index in [-0.39, 0.29) is 28.6 Å². The maximum absolute atomic E-state index is 14.2. The fourth-order valence-electron chi connectivity index (χ4n) is 4.61. The van der Waals surface area contributed by atoms with Gasteiger partial charge in [0.15, 0.2) is 23.2 Å². The third kappa shape index (κ3) is 5.92. The summed E-state index contributed by atoms with van der Waals surface area (Å²) in [5.74, 6) is 0.366. The van der Waals surface area contributed by atoms with Crippen molar-refractivity contribution in [1.29, 1.82) is 0 Å². The normalized spacial score (nSPS) is 16.1. The molecule has 14 heteroatoms. The Morgan fingerprint density at radius 1 is 1.02 bits per heavy atom. The molecule has 0 saturated heterocycles. The summed E-state index contributed by atoms with van der Waals surface area (Å²) < 4.78 is 59.4. The van der Waals surface area contributed by atoms with Gasteiger partial charge >= 0.3 is 6.18 Å². The highest BCUT2D eigenvalue weighted by Crippen LogP contribution is 2.45. The van der Waals surface area contributed by atoms with Gasteiger partial charge in [-0.15, -0.1) is 0 Å². The first kappa shape index (κ1) is 28.3. The average Bonchev–Trinajstić information content (AvgIpc) is 3.40. The second-order valence-electron chi connectivity index (χ2n) is 9.31. The number of nitro benzene ring substituents is 1. The molecule has 11 nitrogen and oxygen atoms in total. The minimum atomic E-state index is -4.67. The molecule has 0 fully saturated rings. The summed E-state index contributed by atoms with van der Waals surface area (Å²) in [6, 6.07) is 15.3. The third-order valence-corrected chi connectivity index (χ3v) is 6.57. The van der Waals surface area contributed by atoms with Gasteiger partial charge in [0.2, 0.25) is 0 Å². The van der Waals surface area contributed by atoms with Gasteiger partial charge in [0.05, 0.1) is 36.9 Å². The Bertz CT molecular complexity index is 1630. The minimum absolute atomic E-state index is 0.00496. The highest BCUT2D eigenvalue weighted by molar-refractivity contribution is 6.03. The summed E-state index contributed by atoms with van der Waals surface area (Å²) >= 11 is 0. The number of nitro groups is 1. The van der Waals surface area contributed by atoms with Crippen LogP contribution in [0.1, 0.15) is 34.6 Å². The van der Waals surface area contributed by atoms with Crippen LogP contribution in [-0.4, -0.2) is 41.0 Å². The number of carbonyl (C=O) groups is 1. The molecule has 1 aromatic heterocycles. The monoisotopic (exact) mass is 583 g/mol. The van der Waals surface area contributed by atoms with Crippen LogP contribution in [0.5, 0.6) is 23.0 Å². The second-order valence-corrected chi connectivity index (χ2v) is 9.31. The molecular weight excluding hydrogens is 559 g/mol. The molecule has 1 aliphatic heterocycles. The number of methoxy groups -OCH3 is 2. The number of aromatic nitrogens is 2. The molecular formula is C28H24F3N5O6. The van der Waals surface area contributed by atoms with Crippen molar-refractivity contribution in [2.24, 2.45) is 0 Å². The quantitative estimate of drug-likeness (QED) is 0.177. The van der Waals surface area contributed by atoms with E-state index in [9.17, 15) is 28.1 Å².